The Balaban J connectivity index is 2.35. The molecular formula is C5H8N4O. The fourth-order valence-electron chi connectivity index (χ4n) is 0.573. The monoisotopic (exact) mass is 140 g/mol. The number of carbonyl (C=O) groups excluding carboxylic acids is 1. The minimum Gasteiger partial charge on any atom is -0.370 e. The number of aromatic nitrogens is 3. The van der Waals surface area contributed by atoms with Crippen LogP contribution in [0.1, 0.15) is 6.42 Å². The van der Waals surface area contributed by atoms with Crippen molar-refractivity contribution in [3.63, 3.8) is 0 Å². The minimum atomic E-state index is -0.324. The first-order chi connectivity index (χ1) is 4.79. The Bertz CT molecular complexity index is 205. The standard InChI is InChI=1S/C5H8N4O/c6-5(10)1-2-9-4-7-3-8-9/h3-4H,1-2H2,(H2,6,10). The normalized spacial score (nSPS) is 9.60. The van der Waals surface area contributed by atoms with Crippen molar-refractivity contribution in [2.45, 2.75) is 13.0 Å². The molecule has 0 fully saturated rings. The molecule has 0 saturated carbocycles. The number of primary amides is 1. The van der Waals surface area contributed by atoms with Crippen molar-refractivity contribution in [1.29, 1.82) is 0 Å². The molecule has 1 aromatic rings. The van der Waals surface area contributed by atoms with Crippen LogP contribution in [0.5, 0.6) is 0 Å². The lowest BCUT2D eigenvalue weighted by atomic mass is 10.4. The number of amides is 1. The molecule has 0 aliphatic heterocycles. The summed E-state index contributed by atoms with van der Waals surface area (Å²) in [5.41, 5.74) is 4.91. The first-order valence-corrected chi connectivity index (χ1v) is 2.90. The number of rotatable bonds is 3. The van der Waals surface area contributed by atoms with Gasteiger partial charge in [-0.3, -0.25) is 9.48 Å². The van der Waals surface area contributed by atoms with Gasteiger partial charge in [0.25, 0.3) is 0 Å². The van der Waals surface area contributed by atoms with Crippen molar-refractivity contribution in [2.75, 3.05) is 0 Å². The van der Waals surface area contributed by atoms with E-state index in [1.807, 2.05) is 0 Å². The quantitative estimate of drug-likeness (QED) is 0.594. The molecule has 54 valence electrons. The van der Waals surface area contributed by atoms with E-state index < -0.39 is 0 Å². The number of nitrogens with two attached hydrogens (primary N) is 1. The van der Waals surface area contributed by atoms with Gasteiger partial charge in [-0.1, -0.05) is 0 Å². The molecule has 5 nitrogen and oxygen atoms in total. The first kappa shape index (κ1) is 6.73. The van der Waals surface area contributed by atoms with Crippen LogP contribution >= 0.6 is 0 Å². The van der Waals surface area contributed by atoms with Crippen molar-refractivity contribution in [2.24, 2.45) is 5.73 Å². The van der Waals surface area contributed by atoms with Crippen LogP contribution in [-0.2, 0) is 11.3 Å². The zero-order valence-corrected chi connectivity index (χ0v) is 5.40. The van der Waals surface area contributed by atoms with Crippen LogP contribution in [-0.4, -0.2) is 20.7 Å². The Morgan fingerprint density at radius 1 is 1.70 bits per heavy atom. The van der Waals surface area contributed by atoms with E-state index in [2.05, 4.69) is 10.1 Å². The van der Waals surface area contributed by atoms with Crippen LogP contribution in [0.3, 0.4) is 0 Å². The van der Waals surface area contributed by atoms with Gasteiger partial charge in [-0.05, 0) is 0 Å². The molecule has 0 aliphatic rings. The Labute approximate surface area is 57.9 Å². The average molecular weight is 140 g/mol. The molecule has 0 aliphatic carbocycles. The fourth-order valence-corrected chi connectivity index (χ4v) is 0.573. The van der Waals surface area contributed by atoms with Crippen LogP contribution in [0.2, 0.25) is 0 Å². The highest BCUT2D eigenvalue weighted by Gasteiger charge is 1.94. The van der Waals surface area contributed by atoms with Gasteiger partial charge in [-0.2, -0.15) is 5.10 Å². The van der Waals surface area contributed by atoms with Gasteiger partial charge in [0.15, 0.2) is 0 Å². The summed E-state index contributed by atoms with van der Waals surface area (Å²) in [5.74, 6) is -0.324. The van der Waals surface area contributed by atoms with Gasteiger partial charge in [0.1, 0.15) is 12.7 Å². The van der Waals surface area contributed by atoms with Crippen molar-refractivity contribution in [1.82, 2.24) is 14.8 Å². The number of aryl methyl sites for hydroxylation is 1. The van der Waals surface area contributed by atoms with Gasteiger partial charge >= 0.3 is 0 Å². The van der Waals surface area contributed by atoms with Gasteiger partial charge < -0.3 is 5.73 Å². The molecule has 1 aromatic heterocycles. The maximum Gasteiger partial charge on any atom is 0.219 e. The lowest BCUT2D eigenvalue weighted by molar-refractivity contribution is -0.118. The second kappa shape index (κ2) is 2.95. The molecule has 5 heteroatoms. The van der Waals surface area contributed by atoms with Crippen LogP contribution < -0.4 is 5.73 Å². The molecule has 0 bridgehead atoms. The van der Waals surface area contributed by atoms with Crippen LogP contribution in [0.15, 0.2) is 12.7 Å². The third-order valence-corrected chi connectivity index (χ3v) is 1.05. The van der Waals surface area contributed by atoms with Gasteiger partial charge in [-0.15, -0.1) is 0 Å². The molecule has 0 aromatic carbocycles. The summed E-state index contributed by atoms with van der Waals surface area (Å²) in [7, 11) is 0. The second-order valence-corrected chi connectivity index (χ2v) is 1.87. The zero-order chi connectivity index (χ0) is 7.40. The molecule has 1 amide bonds. The van der Waals surface area contributed by atoms with E-state index in [4.69, 9.17) is 5.73 Å². The lowest BCUT2D eigenvalue weighted by Crippen LogP contribution is -2.13. The molecule has 1 rings (SSSR count). The molecular weight excluding hydrogens is 132 g/mol. The van der Waals surface area contributed by atoms with Crippen molar-refractivity contribution in [3.8, 4) is 0 Å². The molecule has 2 N–H and O–H groups in total. The van der Waals surface area contributed by atoms with E-state index in [0.29, 0.717) is 13.0 Å². The first-order valence-electron chi connectivity index (χ1n) is 2.90. The fraction of sp³-hybridized carbons (Fsp3) is 0.400. The van der Waals surface area contributed by atoms with E-state index >= 15 is 0 Å². The molecule has 0 spiro atoms. The van der Waals surface area contributed by atoms with Gasteiger partial charge in [0.2, 0.25) is 5.91 Å². The molecule has 0 saturated heterocycles. The topological polar surface area (TPSA) is 73.8 Å². The van der Waals surface area contributed by atoms with Crippen molar-refractivity contribution >= 4 is 5.91 Å². The summed E-state index contributed by atoms with van der Waals surface area (Å²) in [4.78, 5) is 14.0. The minimum absolute atomic E-state index is 0.309. The summed E-state index contributed by atoms with van der Waals surface area (Å²) in [6, 6.07) is 0. The molecule has 0 unspecified atom stereocenters. The van der Waals surface area contributed by atoms with Gasteiger partial charge in [0.05, 0.1) is 6.54 Å². The highest BCUT2D eigenvalue weighted by Crippen LogP contribution is 1.84. The Kier molecular flexibility index (Phi) is 1.99. The molecule has 10 heavy (non-hydrogen) atoms. The van der Waals surface area contributed by atoms with Crippen LogP contribution in [0, 0.1) is 0 Å². The smallest absolute Gasteiger partial charge is 0.219 e. The highest BCUT2D eigenvalue weighted by molar-refractivity contribution is 5.73. The number of hydrogen-bond donors (Lipinski definition) is 1. The number of hydrogen-bond acceptors (Lipinski definition) is 3. The SMILES string of the molecule is NC(=O)CCn1cncn1. The molecule has 1 heterocycles. The second-order valence-electron chi connectivity index (χ2n) is 1.87. The van der Waals surface area contributed by atoms with Gasteiger partial charge in [0, 0.05) is 6.42 Å². The summed E-state index contributed by atoms with van der Waals surface area (Å²) in [5, 5.41) is 3.79. The highest BCUT2D eigenvalue weighted by atomic mass is 16.1. The average Bonchev–Trinajstić information content (AvgIpc) is 2.34. The maximum absolute atomic E-state index is 10.3. The van der Waals surface area contributed by atoms with E-state index in [-0.39, 0.29) is 5.91 Å². The third kappa shape index (κ3) is 1.85. The largest absolute Gasteiger partial charge is 0.370 e. The maximum atomic E-state index is 10.3. The summed E-state index contributed by atoms with van der Waals surface area (Å²) in [6.07, 6.45) is 3.27. The predicted octanol–water partition coefficient (Wildman–Crippen LogP) is -0.847. The molecule has 0 atom stereocenters. The lowest BCUT2D eigenvalue weighted by Gasteiger charge is -1.94. The third-order valence-electron chi connectivity index (χ3n) is 1.05. The summed E-state index contributed by atoms with van der Waals surface area (Å²) >= 11 is 0. The Morgan fingerprint density at radius 3 is 3.00 bits per heavy atom. The number of carbonyl (C=O) groups is 1. The predicted molar refractivity (Wildman–Crippen MR) is 33.8 cm³/mol. The summed E-state index contributed by atoms with van der Waals surface area (Å²) in [6.45, 7) is 0.509. The summed E-state index contributed by atoms with van der Waals surface area (Å²) < 4.78 is 1.56. The van der Waals surface area contributed by atoms with Crippen molar-refractivity contribution < 1.29 is 4.79 Å². The van der Waals surface area contributed by atoms with E-state index in [0.717, 1.165) is 0 Å². The van der Waals surface area contributed by atoms with E-state index in [9.17, 15) is 4.79 Å². The van der Waals surface area contributed by atoms with Crippen LogP contribution in [0.4, 0.5) is 0 Å². The zero-order valence-electron chi connectivity index (χ0n) is 5.40. The van der Waals surface area contributed by atoms with E-state index in [1.54, 1.807) is 11.0 Å². The van der Waals surface area contributed by atoms with E-state index in [1.165, 1.54) is 6.33 Å². The molecule has 0 radical (unpaired) electrons. The number of nitrogens with zero attached hydrogens (tertiary/aromatic N) is 3. The Morgan fingerprint density at radius 2 is 2.50 bits per heavy atom. The van der Waals surface area contributed by atoms with Crippen molar-refractivity contribution in [3.05, 3.63) is 12.7 Å². The Hall–Kier alpha value is -1.39. The van der Waals surface area contributed by atoms with Crippen LogP contribution in [0.25, 0.3) is 0 Å². The van der Waals surface area contributed by atoms with Gasteiger partial charge in [-0.25, -0.2) is 4.98 Å².